The number of hydrogen-bond donors (Lipinski definition) is 4. The molecular weight excluding hydrogens is 340 g/mol. The fourth-order valence-corrected chi connectivity index (χ4v) is 2.13. The molecule has 0 aromatic heterocycles. The van der Waals surface area contributed by atoms with Gasteiger partial charge in [-0.2, -0.15) is 0 Å². The van der Waals surface area contributed by atoms with Gasteiger partial charge >= 0.3 is 11.9 Å². The van der Waals surface area contributed by atoms with Crippen LogP contribution in [-0.2, 0) is 0 Å². The SMILES string of the molecule is O=C(O)c1ccccc1C(=O)N/C=C/NC(=O)c1ccccc1C(=O)O. The molecule has 0 aliphatic carbocycles. The summed E-state index contributed by atoms with van der Waals surface area (Å²) in [6, 6.07) is 11.3. The molecule has 0 saturated carbocycles. The van der Waals surface area contributed by atoms with E-state index in [0.717, 1.165) is 12.4 Å². The zero-order valence-corrected chi connectivity index (χ0v) is 13.3. The summed E-state index contributed by atoms with van der Waals surface area (Å²) >= 11 is 0. The van der Waals surface area contributed by atoms with E-state index in [1.54, 1.807) is 0 Å². The van der Waals surface area contributed by atoms with E-state index in [0.29, 0.717) is 0 Å². The zero-order chi connectivity index (χ0) is 19.1. The average molecular weight is 354 g/mol. The maximum atomic E-state index is 12.0. The Morgan fingerprint density at radius 3 is 1.23 bits per heavy atom. The summed E-state index contributed by atoms with van der Waals surface area (Å²) in [6.07, 6.45) is 2.23. The molecule has 0 radical (unpaired) electrons. The Hall–Kier alpha value is -3.94. The van der Waals surface area contributed by atoms with Crippen LogP contribution in [0.2, 0.25) is 0 Å². The van der Waals surface area contributed by atoms with Crippen molar-refractivity contribution in [3.05, 3.63) is 83.2 Å². The normalized spacial score (nSPS) is 10.3. The molecule has 2 aromatic carbocycles. The van der Waals surface area contributed by atoms with Gasteiger partial charge in [-0.05, 0) is 24.3 Å². The first-order valence-electron chi connectivity index (χ1n) is 7.33. The van der Waals surface area contributed by atoms with Crippen molar-refractivity contribution in [1.82, 2.24) is 10.6 Å². The Bertz CT molecular complexity index is 831. The third kappa shape index (κ3) is 4.32. The number of carboxylic acid groups (broad SMARTS) is 2. The monoisotopic (exact) mass is 354 g/mol. The standard InChI is InChI=1S/C18H14N2O6/c21-15(11-5-1-3-7-13(11)17(23)24)19-9-10-20-16(22)12-6-2-4-8-14(12)18(25)26/h1-10H,(H,19,21)(H,20,22)(H,23,24)(H,25,26)/b10-9+. The van der Waals surface area contributed by atoms with E-state index in [2.05, 4.69) is 10.6 Å². The fourth-order valence-electron chi connectivity index (χ4n) is 2.13. The maximum Gasteiger partial charge on any atom is 0.336 e. The second-order valence-electron chi connectivity index (χ2n) is 4.98. The van der Waals surface area contributed by atoms with Crippen molar-refractivity contribution in [2.45, 2.75) is 0 Å². The second-order valence-corrected chi connectivity index (χ2v) is 4.98. The Morgan fingerprint density at radius 1 is 0.615 bits per heavy atom. The molecule has 2 amide bonds. The number of benzene rings is 2. The van der Waals surface area contributed by atoms with Gasteiger partial charge in [0.15, 0.2) is 0 Å². The Kier molecular flexibility index (Phi) is 5.83. The molecule has 2 rings (SSSR count). The van der Waals surface area contributed by atoms with Crippen LogP contribution in [0.1, 0.15) is 41.4 Å². The van der Waals surface area contributed by atoms with E-state index in [1.165, 1.54) is 48.5 Å². The first-order valence-corrected chi connectivity index (χ1v) is 7.33. The molecule has 4 N–H and O–H groups in total. The Labute approximate surface area is 147 Å². The summed E-state index contributed by atoms with van der Waals surface area (Å²) in [4.78, 5) is 46.2. The largest absolute Gasteiger partial charge is 0.478 e. The third-order valence-electron chi connectivity index (χ3n) is 3.32. The molecule has 2 aromatic rings. The number of nitrogens with one attached hydrogen (secondary N) is 2. The molecule has 0 fully saturated rings. The molecule has 0 unspecified atom stereocenters. The van der Waals surface area contributed by atoms with Crippen molar-refractivity contribution in [2.75, 3.05) is 0 Å². The summed E-state index contributed by atoms with van der Waals surface area (Å²) in [5, 5.41) is 22.8. The smallest absolute Gasteiger partial charge is 0.336 e. The summed E-state index contributed by atoms with van der Waals surface area (Å²) < 4.78 is 0. The van der Waals surface area contributed by atoms with Crippen molar-refractivity contribution < 1.29 is 29.4 Å². The highest BCUT2D eigenvalue weighted by Crippen LogP contribution is 2.09. The molecule has 0 aliphatic heterocycles. The van der Waals surface area contributed by atoms with Crippen LogP contribution >= 0.6 is 0 Å². The molecule has 8 nitrogen and oxygen atoms in total. The molecule has 132 valence electrons. The number of carbonyl (C=O) groups excluding carboxylic acids is 2. The van der Waals surface area contributed by atoms with E-state index < -0.39 is 23.8 Å². The zero-order valence-electron chi connectivity index (χ0n) is 13.3. The van der Waals surface area contributed by atoms with Crippen LogP contribution in [-0.4, -0.2) is 34.0 Å². The van der Waals surface area contributed by atoms with Crippen molar-refractivity contribution >= 4 is 23.8 Å². The van der Waals surface area contributed by atoms with Gasteiger partial charge in [0, 0.05) is 12.4 Å². The van der Waals surface area contributed by atoms with Crippen LogP contribution in [0, 0.1) is 0 Å². The predicted molar refractivity (Wildman–Crippen MR) is 90.9 cm³/mol. The summed E-state index contributed by atoms with van der Waals surface area (Å²) in [6.45, 7) is 0. The lowest BCUT2D eigenvalue weighted by Gasteiger charge is -2.05. The molecule has 0 spiro atoms. The number of carbonyl (C=O) groups is 4. The number of amides is 2. The van der Waals surface area contributed by atoms with Gasteiger partial charge in [-0.25, -0.2) is 9.59 Å². The highest BCUT2D eigenvalue weighted by Gasteiger charge is 2.15. The number of hydrogen-bond acceptors (Lipinski definition) is 4. The topological polar surface area (TPSA) is 133 Å². The molecule has 0 heterocycles. The predicted octanol–water partition coefficient (Wildman–Crippen LogP) is 1.71. The van der Waals surface area contributed by atoms with Crippen molar-refractivity contribution in [3.8, 4) is 0 Å². The van der Waals surface area contributed by atoms with Gasteiger partial charge in [-0.15, -0.1) is 0 Å². The van der Waals surface area contributed by atoms with Gasteiger partial charge in [0.25, 0.3) is 11.8 Å². The quantitative estimate of drug-likeness (QED) is 0.624. The van der Waals surface area contributed by atoms with Crippen LogP contribution in [0.5, 0.6) is 0 Å². The molecule has 0 bridgehead atoms. The molecule has 8 heteroatoms. The lowest BCUT2D eigenvalue weighted by Crippen LogP contribution is -2.23. The number of carboxylic acids is 2. The number of aromatic carboxylic acids is 2. The van der Waals surface area contributed by atoms with Gasteiger partial charge < -0.3 is 20.8 Å². The van der Waals surface area contributed by atoms with Crippen LogP contribution in [0.4, 0.5) is 0 Å². The van der Waals surface area contributed by atoms with Crippen LogP contribution in [0.15, 0.2) is 60.9 Å². The summed E-state index contributed by atoms with van der Waals surface area (Å²) in [5.74, 6) is -3.81. The Morgan fingerprint density at radius 2 is 0.923 bits per heavy atom. The van der Waals surface area contributed by atoms with Crippen molar-refractivity contribution in [2.24, 2.45) is 0 Å². The third-order valence-corrected chi connectivity index (χ3v) is 3.32. The maximum absolute atomic E-state index is 12.0. The van der Waals surface area contributed by atoms with Crippen LogP contribution in [0.3, 0.4) is 0 Å². The van der Waals surface area contributed by atoms with Crippen LogP contribution < -0.4 is 10.6 Å². The first kappa shape index (κ1) is 18.4. The van der Waals surface area contributed by atoms with E-state index in [9.17, 15) is 19.2 Å². The minimum atomic E-state index is -1.24. The second kappa shape index (κ2) is 8.25. The molecule has 26 heavy (non-hydrogen) atoms. The molecule has 0 saturated heterocycles. The van der Waals surface area contributed by atoms with E-state index in [4.69, 9.17) is 10.2 Å². The van der Waals surface area contributed by atoms with Gasteiger partial charge in [0.05, 0.1) is 22.3 Å². The molecule has 0 aliphatic rings. The molecular formula is C18H14N2O6. The van der Waals surface area contributed by atoms with Crippen molar-refractivity contribution in [3.63, 3.8) is 0 Å². The minimum Gasteiger partial charge on any atom is -0.478 e. The highest BCUT2D eigenvalue weighted by molar-refractivity contribution is 6.06. The van der Waals surface area contributed by atoms with Gasteiger partial charge in [0.2, 0.25) is 0 Å². The average Bonchev–Trinajstić information content (AvgIpc) is 2.64. The molecule has 0 atom stereocenters. The first-order chi connectivity index (χ1) is 12.4. The summed E-state index contributed by atoms with van der Waals surface area (Å²) in [5.41, 5.74) is -0.380. The van der Waals surface area contributed by atoms with E-state index in [1.807, 2.05) is 0 Å². The number of rotatable bonds is 6. The van der Waals surface area contributed by atoms with Gasteiger partial charge in [-0.3, -0.25) is 9.59 Å². The van der Waals surface area contributed by atoms with Crippen molar-refractivity contribution in [1.29, 1.82) is 0 Å². The summed E-state index contributed by atoms with van der Waals surface area (Å²) in [7, 11) is 0. The van der Waals surface area contributed by atoms with Gasteiger partial charge in [0.1, 0.15) is 0 Å². The Balaban J connectivity index is 2.02. The lowest BCUT2D eigenvalue weighted by molar-refractivity contribution is 0.0682. The van der Waals surface area contributed by atoms with Crippen LogP contribution in [0.25, 0.3) is 0 Å². The van der Waals surface area contributed by atoms with E-state index >= 15 is 0 Å². The highest BCUT2D eigenvalue weighted by atomic mass is 16.4. The lowest BCUT2D eigenvalue weighted by atomic mass is 10.1. The van der Waals surface area contributed by atoms with E-state index in [-0.39, 0.29) is 22.3 Å². The fraction of sp³-hybridized carbons (Fsp3) is 0. The minimum absolute atomic E-state index is 0.0350. The van der Waals surface area contributed by atoms with Gasteiger partial charge in [-0.1, -0.05) is 24.3 Å².